The van der Waals surface area contributed by atoms with Gasteiger partial charge in [0.15, 0.2) is 0 Å². The van der Waals surface area contributed by atoms with Crippen LogP contribution < -0.4 is 15.2 Å². The molecule has 0 aromatic heterocycles. The Balaban J connectivity index is 1.59. The van der Waals surface area contributed by atoms with Gasteiger partial charge in [-0.15, -0.1) is 0 Å². The van der Waals surface area contributed by atoms with E-state index in [1.807, 2.05) is 0 Å². The van der Waals surface area contributed by atoms with E-state index in [-0.39, 0.29) is 34.1 Å². The Labute approximate surface area is 197 Å². The maximum atomic E-state index is 14.0. The van der Waals surface area contributed by atoms with Crippen molar-refractivity contribution in [3.8, 4) is 0 Å². The first-order chi connectivity index (χ1) is 16.0. The summed E-state index contributed by atoms with van der Waals surface area (Å²) in [7, 11) is -4.14. The van der Waals surface area contributed by atoms with E-state index in [9.17, 15) is 30.8 Å². The Bertz CT molecular complexity index is 1360. The van der Waals surface area contributed by atoms with Gasteiger partial charge in [-0.1, -0.05) is 41.9 Å². The summed E-state index contributed by atoms with van der Waals surface area (Å²) in [6, 6.07) is 12.3. The maximum Gasteiger partial charge on any atom is 0.416 e. The van der Waals surface area contributed by atoms with Crippen LogP contribution >= 0.6 is 11.6 Å². The van der Waals surface area contributed by atoms with Crippen molar-refractivity contribution in [3.05, 3.63) is 93.8 Å². The van der Waals surface area contributed by atoms with Crippen molar-refractivity contribution in [1.29, 1.82) is 0 Å². The number of carbonyl (C=O) groups is 1. The molecule has 3 aromatic rings. The SMILES string of the molecule is O=C(Nc1ccc2c(c1)N(S(=O)(=O)Cc1cccc(C(F)(F)F)c1)NC2)c1c(F)cccc1Cl. The summed E-state index contributed by atoms with van der Waals surface area (Å²) in [5.74, 6) is -2.34. The number of halogens is 5. The van der Waals surface area contributed by atoms with Gasteiger partial charge in [0.2, 0.25) is 0 Å². The highest BCUT2D eigenvalue weighted by Gasteiger charge is 2.33. The van der Waals surface area contributed by atoms with Crippen molar-refractivity contribution in [2.24, 2.45) is 0 Å². The molecule has 0 unspecified atom stereocenters. The minimum Gasteiger partial charge on any atom is -0.322 e. The number of anilines is 2. The lowest BCUT2D eigenvalue weighted by Gasteiger charge is -2.20. The molecule has 0 atom stereocenters. The van der Waals surface area contributed by atoms with Crippen molar-refractivity contribution in [2.45, 2.75) is 18.5 Å². The standard InChI is InChI=1S/C22H16ClF4N3O3S/c23-17-5-2-6-18(24)20(17)21(31)29-16-8-7-14-11-28-30(19(14)10-16)34(32,33)12-13-3-1-4-15(9-13)22(25,26)27/h1-10,28H,11-12H2,(H,29,31). The molecule has 1 heterocycles. The van der Waals surface area contributed by atoms with E-state index in [0.717, 1.165) is 28.7 Å². The molecule has 6 nitrogen and oxygen atoms in total. The lowest BCUT2D eigenvalue weighted by Crippen LogP contribution is -2.38. The van der Waals surface area contributed by atoms with E-state index in [2.05, 4.69) is 10.7 Å². The second-order valence-corrected chi connectivity index (χ2v) is 9.67. The molecule has 12 heteroatoms. The molecule has 1 amide bonds. The number of carbonyl (C=O) groups excluding carboxylic acids is 1. The first kappa shape index (κ1) is 24.0. The van der Waals surface area contributed by atoms with Crippen LogP contribution in [0.1, 0.15) is 27.0 Å². The summed E-state index contributed by atoms with van der Waals surface area (Å²) >= 11 is 5.91. The topological polar surface area (TPSA) is 78.5 Å². The Hall–Kier alpha value is -3.15. The number of sulfonamides is 1. The molecule has 3 aromatic carbocycles. The Morgan fingerprint density at radius 1 is 1.09 bits per heavy atom. The number of amides is 1. The molecule has 1 aliphatic rings. The first-order valence-electron chi connectivity index (χ1n) is 9.76. The van der Waals surface area contributed by atoms with Crippen molar-refractivity contribution < 1.29 is 30.8 Å². The Morgan fingerprint density at radius 2 is 1.82 bits per heavy atom. The second-order valence-electron chi connectivity index (χ2n) is 7.45. The predicted octanol–water partition coefficient (Wildman–Crippen LogP) is 5.10. The van der Waals surface area contributed by atoms with Crippen LogP contribution in [0, 0.1) is 5.82 Å². The number of hydrogen-bond acceptors (Lipinski definition) is 4. The van der Waals surface area contributed by atoms with Gasteiger partial charge >= 0.3 is 6.18 Å². The van der Waals surface area contributed by atoms with Gasteiger partial charge in [-0.25, -0.2) is 22.6 Å². The smallest absolute Gasteiger partial charge is 0.322 e. The van der Waals surface area contributed by atoms with Gasteiger partial charge in [0.1, 0.15) is 5.82 Å². The van der Waals surface area contributed by atoms with Crippen molar-refractivity contribution >= 4 is 38.9 Å². The number of alkyl halides is 3. The number of nitrogens with one attached hydrogen (secondary N) is 2. The predicted molar refractivity (Wildman–Crippen MR) is 119 cm³/mol. The van der Waals surface area contributed by atoms with E-state index in [0.29, 0.717) is 5.56 Å². The first-order valence-corrected chi connectivity index (χ1v) is 11.8. The van der Waals surface area contributed by atoms with Gasteiger partial charge < -0.3 is 5.32 Å². The molecule has 178 valence electrons. The summed E-state index contributed by atoms with van der Waals surface area (Å²) in [6.45, 7) is 0.143. The lowest BCUT2D eigenvalue weighted by molar-refractivity contribution is -0.137. The van der Waals surface area contributed by atoms with Crippen LogP contribution in [0.5, 0.6) is 0 Å². The summed E-state index contributed by atoms with van der Waals surface area (Å²) < 4.78 is 79.8. The van der Waals surface area contributed by atoms with Gasteiger partial charge in [0, 0.05) is 12.2 Å². The Morgan fingerprint density at radius 3 is 2.53 bits per heavy atom. The highest BCUT2D eigenvalue weighted by Crippen LogP contribution is 2.33. The average Bonchev–Trinajstić information content (AvgIpc) is 3.17. The van der Waals surface area contributed by atoms with Crippen LogP contribution in [0.2, 0.25) is 5.02 Å². The minimum absolute atomic E-state index is 0.0382. The van der Waals surface area contributed by atoms with E-state index in [1.165, 1.54) is 30.3 Å². The van der Waals surface area contributed by atoms with Gasteiger partial charge in [-0.05, 0) is 41.5 Å². The monoisotopic (exact) mass is 513 g/mol. The fourth-order valence-corrected chi connectivity index (χ4v) is 5.20. The summed E-state index contributed by atoms with van der Waals surface area (Å²) in [6.07, 6.45) is -4.60. The summed E-state index contributed by atoms with van der Waals surface area (Å²) in [5, 5.41) is 2.39. The number of nitrogens with zero attached hydrogens (tertiary/aromatic N) is 1. The molecule has 0 saturated heterocycles. The average molecular weight is 514 g/mol. The highest BCUT2D eigenvalue weighted by molar-refractivity contribution is 7.92. The summed E-state index contributed by atoms with van der Waals surface area (Å²) in [4.78, 5) is 12.5. The van der Waals surface area contributed by atoms with Crippen LogP contribution in [0.4, 0.5) is 28.9 Å². The number of fused-ring (bicyclic) bond motifs is 1. The fourth-order valence-electron chi connectivity index (χ4n) is 3.49. The van der Waals surface area contributed by atoms with Gasteiger partial charge in [0.05, 0.1) is 27.6 Å². The molecule has 1 aliphatic heterocycles. The molecule has 4 rings (SSSR count). The molecule has 0 spiro atoms. The van der Waals surface area contributed by atoms with E-state index in [1.54, 1.807) is 6.07 Å². The van der Waals surface area contributed by atoms with Crippen LogP contribution in [0.3, 0.4) is 0 Å². The summed E-state index contributed by atoms with van der Waals surface area (Å²) in [5.41, 5.74) is 2.27. The molecule has 0 saturated carbocycles. The molecule has 0 bridgehead atoms. The molecule has 2 N–H and O–H groups in total. The van der Waals surface area contributed by atoms with Crippen LogP contribution in [-0.2, 0) is 28.5 Å². The molecule has 0 aliphatic carbocycles. The number of benzene rings is 3. The second kappa shape index (κ2) is 8.90. The zero-order valence-corrected chi connectivity index (χ0v) is 18.7. The number of hydrogen-bond donors (Lipinski definition) is 2. The number of rotatable bonds is 5. The molecule has 0 radical (unpaired) electrons. The van der Waals surface area contributed by atoms with E-state index in [4.69, 9.17) is 11.6 Å². The zero-order chi connectivity index (χ0) is 24.7. The molecule has 34 heavy (non-hydrogen) atoms. The third-order valence-corrected chi connectivity index (χ3v) is 6.94. The minimum atomic E-state index is -4.60. The third-order valence-electron chi connectivity index (χ3n) is 5.05. The maximum absolute atomic E-state index is 14.0. The molecular weight excluding hydrogens is 498 g/mol. The van der Waals surface area contributed by atoms with E-state index >= 15 is 0 Å². The van der Waals surface area contributed by atoms with Crippen molar-refractivity contribution in [3.63, 3.8) is 0 Å². The van der Waals surface area contributed by atoms with Crippen LogP contribution in [0.15, 0.2) is 60.7 Å². The van der Waals surface area contributed by atoms with Gasteiger partial charge in [-0.3, -0.25) is 4.79 Å². The van der Waals surface area contributed by atoms with Gasteiger partial charge in [0.25, 0.3) is 15.9 Å². The van der Waals surface area contributed by atoms with Crippen LogP contribution in [-0.4, -0.2) is 14.3 Å². The van der Waals surface area contributed by atoms with Gasteiger partial charge in [-0.2, -0.15) is 13.2 Å². The quantitative estimate of drug-likeness (QED) is 0.465. The molecular formula is C22H16ClF4N3O3S. The fraction of sp³-hybridized carbons (Fsp3) is 0.136. The third kappa shape index (κ3) is 4.86. The lowest BCUT2D eigenvalue weighted by atomic mass is 10.1. The van der Waals surface area contributed by atoms with E-state index < -0.39 is 39.2 Å². The van der Waals surface area contributed by atoms with Crippen molar-refractivity contribution in [2.75, 3.05) is 9.73 Å². The van der Waals surface area contributed by atoms with Crippen molar-refractivity contribution in [1.82, 2.24) is 5.43 Å². The van der Waals surface area contributed by atoms with Crippen LogP contribution in [0.25, 0.3) is 0 Å². The number of hydrazine groups is 1. The molecule has 0 fully saturated rings. The Kier molecular flexibility index (Phi) is 6.28. The highest BCUT2D eigenvalue weighted by atomic mass is 35.5. The zero-order valence-electron chi connectivity index (χ0n) is 17.2. The largest absolute Gasteiger partial charge is 0.416 e. The normalized spacial score (nSPS) is 13.6.